The fourth-order valence-corrected chi connectivity index (χ4v) is 2.10. The molecule has 0 radical (unpaired) electrons. The van der Waals surface area contributed by atoms with E-state index in [2.05, 4.69) is 0 Å². The van der Waals surface area contributed by atoms with Gasteiger partial charge in [0.25, 0.3) is 5.69 Å². The lowest BCUT2D eigenvalue weighted by Crippen LogP contribution is -2.14. The number of hydrogen-bond acceptors (Lipinski definition) is 6. The number of Topliss-reactive ketones (excluding diaryl/α,β-unsaturated/α-hetero) is 1. The fraction of sp³-hybridized carbons (Fsp3) is 0.0769. The Balaban J connectivity index is 2.00. The molecule has 0 fully saturated rings. The highest BCUT2D eigenvalue weighted by Crippen LogP contribution is 2.14. The molecule has 0 aliphatic heterocycles. The number of nitrogens with zero attached hydrogens (tertiary/aromatic N) is 1. The molecule has 0 amide bonds. The average Bonchev–Trinajstić information content (AvgIpc) is 2.98. The molecule has 2 aromatic rings. The molecule has 0 bridgehead atoms. The number of rotatable bonds is 5. The van der Waals surface area contributed by atoms with Crippen LogP contribution < -0.4 is 0 Å². The molecule has 20 heavy (non-hydrogen) atoms. The summed E-state index contributed by atoms with van der Waals surface area (Å²) < 4.78 is 4.85. The molecule has 0 saturated heterocycles. The molecule has 0 aliphatic carbocycles. The summed E-state index contributed by atoms with van der Waals surface area (Å²) in [5, 5.41) is 13.9. The zero-order valence-electron chi connectivity index (χ0n) is 10.1. The van der Waals surface area contributed by atoms with Crippen LogP contribution in [0.15, 0.2) is 41.1 Å². The number of hydrogen-bond donors (Lipinski definition) is 0. The van der Waals surface area contributed by atoms with Crippen LogP contribution in [-0.2, 0) is 4.74 Å². The van der Waals surface area contributed by atoms with Crippen molar-refractivity contribution in [2.75, 3.05) is 6.61 Å². The van der Waals surface area contributed by atoms with Gasteiger partial charge in [-0.05, 0) is 11.4 Å². The highest BCUT2D eigenvalue weighted by molar-refractivity contribution is 7.08. The minimum atomic E-state index is -0.593. The van der Waals surface area contributed by atoms with Crippen LogP contribution in [0, 0.1) is 10.1 Å². The van der Waals surface area contributed by atoms with E-state index >= 15 is 0 Å². The lowest BCUT2D eigenvalue weighted by Gasteiger charge is -2.03. The van der Waals surface area contributed by atoms with E-state index in [4.69, 9.17) is 4.74 Å². The average molecular weight is 291 g/mol. The second kappa shape index (κ2) is 6.07. The molecule has 0 aliphatic rings. The standard InChI is InChI=1S/C13H9NO5S/c15-12(7-19-13(16)10-4-5-20-8-10)9-2-1-3-11(6-9)14(17)18/h1-6,8H,7H2. The highest BCUT2D eigenvalue weighted by Gasteiger charge is 2.14. The van der Waals surface area contributed by atoms with Gasteiger partial charge < -0.3 is 4.74 Å². The van der Waals surface area contributed by atoms with Gasteiger partial charge in [0.05, 0.1) is 10.5 Å². The molecule has 1 aromatic heterocycles. The Morgan fingerprint density at radius 2 is 2.05 bits per heavy atom. The van der Waals surface area contributed by atoms with Crippen molar-refractivity contribution in [3.8, 4) is 0 Å². The molecule has 0 unspecified atom stereocenters. The van der Waals surface area contributed by atoms with Gasteiger partial charge in [-0.2, -0.15) is 11.3 Å². The van der Waals surface area contributed by atoms with Crippen molar-refractivity contribution in [3.05, 3.63) is 62.3 Å². The van der Waals surface area contributed by atoms with Gasteiger partial charge in [-0.3, -0.25) is 14.9 Å². The summed E-state index contributed by atoms with van der Waals surface area (Å²) in [6, 6.07) is 6.87. The van der Waals surface area contributed by atoms with Crippen LogP contribution in [0.2, 0.25) is 0 Å². The van der Waals surface area contributed by atoms with Crippen LogP contribution in [0.25, 0.3) is 0 Å². The zero-order valence-corrected chi connectivity index (χ0v) is 11.0. The molecule has 7 heteroatoms. The van der Waals surface area contributed by atoms with E-state index in [-0.39, 0.29) is 11.3 Å². The number of thiophene rings is 1. The molecule has 2 rings (SSSR count). The molecular weight excluding hydrogens is 282 g/mol. The van der Waals surface area contributed by atoms with Crippen LogP contribution in [0.1, 0.15) is 20.7 Å². The van der Waals surface area contributed by atoms with Crippen molar-refractivity contribution in [2.45, 2.75) is 0 Å². The first-order chi connectivity index (χ1) is 9.58. The summed E-state index contributed by atoms with van der Waals surface area (Å²) in [5.41, 5.74) is 0.333. The molecule has 0 spiro atoms. The SMILES string of the molecule is O=C(COC(=O)c1ccsc1)c1cccc([N+](=O)[O-])c1. The number of non-ortho nitro benzene ring substituents is 1. The van der Waals surface area contributed by atoms with Crippen LogP contribution in [-0.4, -0.2) is 23.3 Å². The third-order valence-electron chi connectivity index (χ3n) is 2.47. The van der Waals surface area contributed by atoms with Crippen molar-refractivity contribution < 1.29 is 19.2 Å². The molecular formula is C13H9NO5S. The van der Waals surface area contributed by atoms with E-state index in [9.17, 15) is 19.7 Å². The Kier molecular flexibility index (Phi) is 4.21. The topological polar surface area (TPSA) is 86.5 Å². The molecule has 0 N–H and O–H groups in total. The second-order valence-electron chi connectivity index (χ2n) is 3.82. The van der Waals surface area contributed by atoms with E-state index in [0.29, 0.717) is 5.56 Å². The number of esters is 1. The maximum absolute atomic E-state index is 11.8. The van der Waals surface area contributed by atoms with Crippen LogP contribution in [0.3, 0.4) is 0 Å². The summed E-state index contributed by atoms with van der Waals surface area (Å²) in [7, 11) is 0. The Hall–Kier alpha value is -2.54. The molecule has 6 nitrogen and oxygen atoms in total. The van der Waals surface area contributed by atoms with Gasteiger partial charge in [0.1, 0.15) is 0 Å². The smallest absolute Gasteiger partial charge is 0.339 e. The highest BCUT2D eigenvalue weighted by atomic mass is 32.1. The number of nitro groups is 1. The third-order valence-corrected chi connectivity index (χ3v) is 3.15. The predicted octanol–water partition coefficient (Wildman–Crippen LogP) is 2.70. The summed E-state index contributed by atoms with van der Waals surface area (Å²) in [4.78, 5) is 33.4. The quantitative estimate of drug-likeness (QED) is 0.366. The lowest BCUT2D eigenvalue weighted by molar-refractivity contribution is -0.384. The first-order valence-electron chi connectivity index (χ1n) is 5.55. The van der Waals surface area contributed by atoms with E-state index < -0.39 is 23.3 Å². The van der Waals surface area contributed by atoms with Gasteiger partial charge in [0, 0.05) is 23.1 Å². The predicted molar refractivity (Wildman–Crippen MR) is 72.0 cm³/mol. The van der Waals surface area contributed by atoms with E-state index in [1.165, 1.54) is 29.5 Å². The van der Waals surface area contributed by atoms with Gasteiger partial charge >= 0.3 is 5.97 Å². The third kappa shape index (κ3) is 3.27. The molecule has 0 saturated carbocycles. The number of ketones is 1. The Morgan fingerprint density at radius 1 is 1.25 bits per heavy atom. The summed E-state index contributed by atoms with van der Waals surface area (Å²) >= 11 is 1.34. The molecule has 1 aromatic carbocycles. The Bertz CT molecular complexity index is 651. The van der Waals surface area contributed by atoms with Crippen LogP contribution in [0.4, 0.5) is 5.69 Å². The Labute approximate surface area is 117 Å². The van der Waals surface area contributed by atoms with Crippen molar-refractivity contribution in [1.29, 1.82) is 0 Å². The summed E-state index contributed by atoms with van der Waals surface area (Å²) in [6.45, 7) is -0.449. The van der Waals surface area contributed by atoms with E-state index in [1.54, 1.807) is 16.8 Å². The van der Waals surface area contributed by atoms with Gasteiger partial charge in [0.2, 0.25) is 5.78 Å². The minimum Gasteiger partial charge on any atom is -0.454 e. The molecule has 0 atom stereocenters. The van der Waals surface area contributed by atoms with Gasteiger partial charge in [-0.15, -0.1) is 0 Å². The minimum absolute atomic E-state index is 0.136. The van der Waals surface area contributed by atoms with Gasteiger partial charge in [-0.1, -0.05) is 12.1 Å². The van der Waals surface area contributed by atoms with Crippen LogP contribution in [0.5, 0.6) is 0 Å². The number of carbonyl (C=O) groups excluding carboxylic acids is 2. The van der Waals surface area contributed by atoms with Crippen molar-refractivity contribution >= 4 is 28.8 Å². The first kappa shape index (κ1) is 13.9. The molecule has 1 heterocycles. The van der Waals surface area contributed by atoms with Crippen molar-refractivity contribution in [2.24, 2.45) is 0 Å². The van der Waals surface area contributed by atoms with Gasteiger partial charge in [0.15, 0.2) is 6.61 Å². The first-order valence-corrected chi connectivity index (χ1v) is 6.49. The van der Waals surface area contributed by atoms with E-state index in [0.717, 1.165) is 6.07 Å². The number of ether oxygens (including phenoxy) is 1. The van der Waals surface area contributed by atoms with E-state index in [1.807, 2.05) is 0 Å². The van der Waals surface area contributed by atoms with Crippen LogP contribution >= 0.6 is 11.3 Å². The lowest BCUT2D eigenvalue weighted by atomic mass is 10.1. The van der Waals surface area contributed by atoms with Crippen molar-refractivity contribution in [1.82, 2.24) is 0 Å². The zero-order chi connectivity index (χ0) is 14.5. The normalized spacial score (nSPS) is 10.0. The number of benzene rings is 1. The Morgan fingerprint density at radius 3 is 2.70 bits per heavy atom. The maximum Gasteiger partial charge on any atom is 0.339 e. The van der Waals surface area contributed by atoms with Crippen molar-refractivity contribution in [3.63, 3.8) is 0 Å². The monoisotopic (exact) mass is 291 g/mol. The number of nitro benzene ring substituents is 1. The second-order valence-corrected chi connectivity index (χ2v) is 4.60. The largest absolute Gasteiger partial charge is 0.454 e. The summed E-state index contributed by atoms with van der Waals surface area (Å²) in [5.74, 6) is -1.08. The molecule has 102 valence electrons. The fourth-order valence-electron chi connectivity index (χ4n) is 1.47. The number of carbonyl (C=O) groups is 2. The van der Waals surface area contributed by atoms with Gasteiger partial charge in [-0.25, -0.2) is 4.79 Å². The summed E-state index contributed by atoms with van der Waals surface area (Å²) in [6.07, 6.45) is 0. The maximum atomic E-state index is 11.8.